The number of nitrogens with zero attached hydrogens (tertiary/aromatic N) is 2. The van der Waals surface area contributed by atoms with Crippen LogP contribution in [0.2, 0.25) is 0 Å². The van der Waals surface area contributed by atoms with E-state index in [0.717, 1.165) is 11.3 Å². The normalized spacial score (nSPS) is 10.9. The molecule has 78 valence electrons. The third kappa shape index (κ3) is 1.74. The van der Waals surface area contributed by atoms with Gasteiger partial charge in [0.2, 0.25) is 0 Å². The molecule has 0 saturated heterocycles. The molecule has 0 aliphatic heterocycles. The molecule has 4 nitrogen and oxygen atoms in total. The number of H-pyrrole nitrogens is 1. The van der Waals surface area contributed by atoms with E-state index in [2.05, 4.69) is 15.0 Å². The maximum absolute atomic E-state index is 11.7. The van der Waals surface area contributed by atoms with Crippen LogP contribution in [0.3, 0.4) is 0 Å². The van der Waals surface area contributed by atoms with Crippen molar-refractivity contribution in [3.63, 3.8) is 0 Å². The van der Waals surface area contributed by atoms with Crippen molar-refractivity contribution in [1.29, 1.82) is 0 Å². The van der Waals surface area contributed by atoms with E-state index in [1.165, 1.54) is 11.8 Å². The van der Waals surface area contributed by atoms with Gasteiger partial charge in [-0.05, 0) is 31.7 Å². The first-order valence-electron chi connectivity index (χ1n) is 4.54. The highest BCUT2D eigenvalue weighted by molar-refractivity contribution is 7.98. The van der Waals surface area contributed by atoms with Gasteiger partial charge in [0.25, 0.3) is 5.56 Å². The molecule has 2 rings (SSSR count). The lowest BCUT2D eigenvalue weighted by Gasteiger charge is -2.03. The van der Waals surface area contributed by atoms with E-state index in [1.807, 2.05) is 26.2 Å². The molecule has 0 aliphatic carbocycles. The Morgan fingerprint density at radius 1 is 1.33 bits per heavy atom. The number of nitrogens with one attached hydrogen (secondary N) is 1. The summed E-state index contributed by atoms with van der Waals surface area (Å²) in [5.41, 5.74) is 2.21. The van der Waals surface area contributed by atoms with Gasteiger partial charge in [0.1, 0.15) is 0 Å². The van der Waals surface area contributed by atoms with E-state index < -0.39 is 0 Å². The van der Waals surface area contributed by atoms with Crippen LogP contribution in [0.5, 0.6) is 0 Å². The first-order valence-corrected chi connectivity index (χ1v) is 5.76. The fraction of sp³-hybridized carbons (Fsp3) is 0.300. The van der Waals surface area contributed by atoms with Crippen LogP contribution in [-0.4, -0.2) is 21.2 Å². The molecule has 0 unspecified atom stereocenters. The minimum absolute atomic E-state index is 0.116. The molecule has 0 bridgehead atoms. The molecule has 0 spiro atoms. The molecule has 0 aromatic carbocycles. The monoisotopic (exact) mass is 221 g/mol. The van der Waals surface area contributed by atoms with Crippen LogP contribution in [0.25, 0.3) is 11.0 Å². The van der Waals surface area contributed by atoms with Crippen molar-refractivity contribution in [3.05, 3.63) is 27.7 Å². The van der Waals surface area contributed by atoms with Gasteiger partial charge in [-0.25, -0.2) is 9.97 Å². The van der Waals surface area contributed by atoms with Crippen molar-refractivity contribution in [2.24, 2.45) is 0 Å². The summed E-state index contributed by atoms with van der Waals surface area (Å²) in [6.07, 6.45) is 1.87. The maximum Gasteiger partial charge on any atom is 0.261 e. The number of fused-ring (bicyclic) bond motifs is 1. The SMILES string of the molecule is CSc1nc2nc(C)cc(C)c2c(=O)[nH]1. The highest BCUT2D eigenvalue weighted by atomic mass is 32.2. The zero-order chi connectivity index (χ0) is 11.0. The smallest absolute Gasteiger partial charge is 0.261 e. The van der Waals surface area contributed by atoms with Crippen LogP contribution in [-0.2, 0) is 0 Å². The number of aromatic nitrogens is 3. The molecule has 0 saturated carbocycles. The average Bonchev–Trinajstić information content (AvgIpc) is 2.15. The van der Waals surface area contributed by atoms with Crippen LogP contribution < -0.4 is 5.56 Å². The highest BCUT2D eigenvalue weighted by Gasteiger charge is 2.07. The van der Waals surface area contributed by atoms with Crippen molar-refractivity contribution in [2.75, 3.05) is 6.26 Å². The molecule has 0 fully saturated rings. The Labute approximate surface area is 91.2 Å². The van der Waals surface area contributed by atoms with E-state index in [-0.39, 0.29) is 5.56 Å². The second kappa shape index (κ2) is 3.66. The van der Waals surface area contributed by atoms with E-state index >= 15 is 0 Å². The number of hydrogen-bond donors (Lipinski definition) is 1. The van der Waals surface area contributed by atoms with Gasteiger partial charge in [-0.3, -0.25) is 4.79 Å². The summed E-state index contributed by atoms with van der Waals surface area (Å²) in [6, 6.07) is 1.89. The zero-order valence-corrected chi connectivity index (χ0v) is 9.60. The predicted molar refractivity (Wildman–Crippen MR) is 61.4 cm³/mol. The van der Waals surface area contributed by atoms with E-state index in [1.54, 1.807) is 0 Å². The summed E-state index contributed by atoms with van der Waals surface area (Å²) in [5, 5.41) is 1.18. The van der Waals surface area contributed by atoms with Crippen molar-refractivity contribution in [1.82, 2.24) is 15.0 Å². The second-order valence-electron chi connectivity index (χ2n) is 3.35. The summed E-state index contributed by atoms with van der Waals surface area (Å²) in [6.45, 7) is 3.79. The van der Waals surface area contributed by atoms with Crippen LogP contribution in [0.1, 0.15) is 11.3 Å². The molecule has 0 radical (unpaired) electrons. The molecule has 1 N–H and O–H groups in total. The van der Waals surface area contributed by atoms with E-state index in [9.17, 15) is 4.79 Å². The zero-order valence-electron chi connectivity index (χ0n) is 8.79. The van der Waals surface area contributed by atoms with Gasteiger partial charge in [0.15, 0.2) is 10.8 Å². The summed E-state index contributed by atoms with van der Waals surface area (Å²) in [5.74, 6) is 0. The van der Waals surface area contributed by atoms with E-state index in [0.29, 0.717) is 16.2 Å². The van der Waals surface area contributed by atoms with E-state index in [4.69, 9.17) is 0 Å². The number of aromatic amines is 1. The summed E-state index contributed by atoms with van der Waals surface area (Å²) in [4.78, 5) is 23.0. The number of pyridine rings is 1. The van der Waals surface area contributed by atoms with Crippen molar-refractivity contribution in [3.8, 4) is 0 Å². The highest BCUT2D eigenvalue weighted by Crippen LogP contribution is 2.14. The Morgan fingerprint density at radius 3 is 2.73 bits per heavy atom. The maximum atomic E-state index is 11.7. The van der Waals surface area contributed by atoms with Crippen LogP contribution >= 0.6 is 11.8 Å². The van der Waals surface area contributed by atoms with Crippen molar-refractivity contribution in [2.45, 2.75) is 19.0 Å². The van der Waals surface area contributed by atoms with Crippen molar-refractivity contribution >= 4 is 22.8 Å². The molecule has 2 aromatic rings. The van der Waals surface area contributed by atoms with Gasteiger partial charge in [0.05, 0.1) is 5.39 Å². The molecule has 0 atom stereocenters. The van der Waals surface area contributed by atoms with Crippen molar-refractivity contribution < 1.29 is 0 Å². The third-order valence-electron chi connectivity index (χ3n) is 2.17. The van der Waals surface area contributed by atoms with Gasteiger partial charge in [0, 0.05) is 5.69 Å². The Morgan fingerprint density at radius 2 is 2.07 bits per heavy atom. The van der Waals surface area contributed by atoms with Gasteiger partial charge < -0.3 is 4.98 Å². The number of aryl methyl sites for hydroxylation is 2. The molecule has 0 amide bonds. The number of rotatable bonds is 1. The van der Waals surface area contributed by atoms with Gasteiger partial charge in [-0.2, -0.15) is 0 Å². The second-order valence-corrected chi connectivity index (χ2v) is 4.15. The average molecular weight is 221 g/mol. The molecular weight excluding hydrogens is 210 g/mol. The standard InChI is InChI=1S/C10H11N3OS/c1-5-4-6(2)11-8-7(5)9(14)13-10(12-8)15-3/h4H,1-3H3,(H,11,12,13,14). The lowest BCUT2D eigenvalue weighted by molar-refractivity contribution is 0.957. The summed E-state index contributed by atoms with van der Waals surface area (Å²) < 4.78 is 0. The minimum atomic E-state index is -0.116. The minimum Gasteiger partial charge on any atom is -0.301 e. The first kappa shape index (κ1) is 10.2. The quantitative estimate of drug-likeness (QED) is 0.587. The third-order valence-corrected chi connectivity index (χ3v) is 2.75. The molecule has 2 aromatic heterocycles. The molecule has 15 heavy (non-hydrogen) atoms. The predicted octanol–water partition coefficient (Wildman–Crippen LogP) is 1.66. The number of hydrogen-bond acceptors (Lipinski definition) is 4. The largest absolute Gasteiger partial charge is 0.301 e. The summed E-state index contributed by atoms with van der Waals surface area (Å²) >= 11 is 1.40. The van der Waals surface area contributed by atoms with Gasteiger partial charge in [-0.1, -0.05) is 11.8 Å². The fourth-order valence-corrected chi connectivity index (χ4v) is 1.93. The molecule has 5 heteroatoms. The molecule has 2 heterocycles. The molecule has 0 aliphatic rings. The lowest BCUT2D eigenvalue weighted by atomic mass is 10.2. The Balaban J connectivity index is 2.91. The Kier molecular flexibility index (Phi) is 2.48. The van der Waals surface area contributed by atoms with Gasteiger partial charge >= 0.3 is 0 Å². The summed E-state index contributed by atoms with van der Waals surface area (Å²) in [7, 11) is 0. The van der Waals surface area contributed by atoms with Crippen LogP contribution in [0.15, 0.2) is 16.0 Å². The first-order chi connectivity index (χ1) is 7.11. The van der Waals surface area contributed by atoms with Crippen LogP contribution in [0.4, 0.5) is 0 Å². The Hall–Kier alpha value is -1.36. The van der Waals surface area contributed by atoms with Crippen LogP contribution in [0, 0.1) is 13.8 Å². The number of thioether (sulfide) groups is 1. The van der Waals surface area contributed by atoms with Gasteiger partial charge in [-0.15, -0.1) is 0 Å². The lowest BCUT2D eigenvalue weighted by Crippen LogP contribution is -2.11. The topological polar surface area (TPSA) is 58.6 Å². The Bertz CT molecular complexity index is 577. The fourth-order valence-electron chi connectivity index (χ4n) is 1.56. The molecular formula is C10H11N3OS.